The van der Waals surface area contributed by atoms with Crippen molar-refractivity contribution < 1.29 is 13.2 Å². The molecule has 1 amide bonds. The standard InChI is InChI=1S/C14H21N3O3S/c1-10(2)7-14(18)17-11-3-4-13(15-8-11)16-12-5-6-21(19,20)9-12/h3-4,8,10,12H,5-7,9H2,1-2H3,(H,15,16)(H,17,18). The van der Waals surface area contributed by atoms with Crippen LogP contribution in [0.1, 0.15) is 26.7 Å². The first kappa shape index (κ1) is 15.8. The predicted molar refractivity (Wildman–Crippen MR) is 83.0 cm³/mol. The Balaban J connectivity index is 1.89. The molecule has 0 saturated carbocycles. The van der Waals surface area contributed by atoms with E-state index in [2.05, 4.69) is 15.6 Å². The molecule has 21 heavy (non-hydrogen) atoms. The molecular weight excluding hydrogens is 290 g/mol. The van der Waals surface area contributed by atoms with Gasteiger partial charge in [0.1, 0.15) is 5.82 Å². The second-order valence-electron chi connectivity index (χ2n) is 5.82. The van der Waals surface area contributed by atoms with Crippen LogP contribution in [0.4, 0.5) is 11.5 Å². The molecule has 1 fully saturated rings. The first-order valence-electron chi connectivity index (χ1n) is 7.07. The Morgan fingerprint density at radius 1 is 1.43 bits per heavy atom. The van der Waals surface area contributed by atoms with Gasteiger partial charge in [0.2, 0.25) is 5.91 Å². The highest BCUT2D eigenvalue weighted by Crippen LogP contribution is 2.17. The molecule has 2 N–H and O–H groups in total. The summed E-state index contributed by atoms with van der Waals surface area (Å²) >= 11 is 0. The average molecular weight is 311 g/mol. The largest absolute Gasteiger partial charge is 0.366 e. The normalized spacial score (nSPS) is 20.4. The number of anilines is 2. The Kier molecular flexibility index (Phi) is 4.82. The molecule has 1 aromatic rings. The molecule has 6 nitrogen and oxygen atoms in total. The van der Waals surface area contributed by atoms with Gasteiger partial charge in [-0.3, -0.25) is 4.79 Å². The van der Waals surface area contributed by atoms with Crippen LogP contribution in [0.2, 0.25) is 0 Å². The number of rotatable bonds is 5. The van der Waals surface area contributed by atoms with Gasteiger partial charge in [-0.25, -0.2) is 13.4 Å². The second-order valence-corrected chi connectivity index (χ2v) is 8.05. The fourth-order valence-corrected chi connectivity index (χ4v) is 3.93. The van der Waals surface area contributed by atoms with Crippen LogP contribution < -0.4 is 10.6 Å². The third-order valence-corrected chi connectivity index (χ3v) is 4.99. The zero-order chi connectivity index (χ0) is 15.5. The van der Waals surface area contributed by atoms with E-state index >= 15 is 0 Å². The van der Waals surface area contributed by atoms with Gasteiger partial charge in [-0.2, -0.15) is 0 Å². The Morgan fingerprint density at radius 3 is 2.71 bits per heavy atom. The SMILES string of the molecule is CC(C)CC(=O)Nc1ccc(NC2CCS(=O)(=O)C2)nc1. The Hall–Kier alpha value is -1.63. The lowest BCUT2D eigenvalue weighted by atomic mass is 10.1. The van der Waals surface area contributed by atoms with Crippen molar-refractivity contribution in [2.75, 3.05) is 22.1 Å². The third-order valence-electron chi connectivity index (χ3n) is 3.23. The lowest BCUT2D eigenvalue weighted by Gasteiger charge is -2.12. The van der Waals surface area contributed by atoms with Gasteiger partial charge in [-0.05, 0) is 24.5 Å². The van der Waals surface area contributed by atoms with Crippen molar-refractivity contribution in [2.24, 2.45) is 5.92 Å². The van der Waals surface area contributed by atoms with E-state index in [4.69, 9.17) is 0 Å². The Labute approximate surface area is 125 Å². The highest BCUT2D eigenvalue weighted by molar-refractivity contribution is 7.91. The summed E-state index contributed by atoms with van der Waals surface area (Å²) in [7, 11) is -2.90. The first-order chi connectivity index (χ1) is 9.84. The third kappa shape index (κ3) is 5.00. The monoisotopic (exact) mass is 311 g/mol. The molecule has 7 heteroatoms. The summed E-state index contributed by atoms with van der Waals surface area (Å²) in [5, 5.41) is 5.89. The lowest BCUT2D eigenvalue weighted by molar-refractivity contribution is -0.116. The number of nitrogens with zero attached hydrogens (tertiary/aromatic N) is 1. The van der Waals surface area contributed by atoms with Crippen LogP contribution in [-0.4, -0.2) is 36.9 Å². The fraction of sp³-hybridized carbons (Fsp3) is 0.571. The van der Waals surface area contributed by atoms with E-state index in [1.165, 1.54) is 0 Å². The summed E-state index contributed by atoms with van der Waals surface area (Å²) in [5.41, 5.74) is 0.644. The van der Waals surface area contributed by atoms with E-state index in [1.54, 1.807) is 18.3 Å². The molecule has 1 atom stereocenters. The number of carbonyl (C=O) groups excluding carboxylic acids is 1. The molecule has 0 aromatic carbocycles. The van der Waals surface area contributed by atoms with E-state index in [0.717, 1.165) is 0 Å². The van der Waals surface area contributed by atoms with Gasteiger partial charge < -0.3 is 10.6 Å². The Morgan fingerprint density at radius 2 is 2.19 bits per heavy atom. The van der Waals surface area contributed by atoms with Gasteiger partial charge in [0.15, 0.2) is 9.84 Å². The predicted octanol–water partition coefficient (Wildman–Crippen LogP) is 1.67. The summed E-state index contributed by atoms with van der Waals surface area (Å²) in [5.74, 6) is 1.28. The molecule has 1 aromatic heterocycles. The highest BCUT2D eigenvalue weighted by atomic mass is 32.2. The summed E-state index contributed by atoms with van der Waals surface area (Å²) in [4.78, 5) is 15.8. The van der Waals surface area contributed by atoms with Gasteiger partial charge in [0.05, 0.1) is 23.4 Å². The summed E-state index contributed by atoms with van der Waals surface area (Å²) in [6, 6.07) is 3.43. The van der Waals surface area contributed by atoms with Crippen LogP contribution in [0.3, 0.4) is 0 Å². The molecule has 0 bridgehead atoms. The van der Waals surface area contributed by atoms with Crippen molar-refractivity contribution in [3.63, 3.8) is 0 Å². The van der Waals surface area contributed by atoms with E-state index in [-0.39, 0.29) is 23.5 Å². The van der Waals surface area contributed by atoms with Crippen LogP contribution >= 0.6 is 0 Å². The molecule has 2 rings (SSSR count). The van der Waals surface area contributed by atoms with E-state index in [0.29, 0.717) is 30.3 Å². The number of hydrogen-bond acceptors (Lipinski definition) is 5. The van der Waals surface area contributed by atoms with Crippen molar-refractivity contribution in [3.05, 3.63) is 18.3 Å². The summed E-state index contributed by atoms with van der Waals surface area (Å²) in [6.07, 6.45) is 2.65. The zero-order valence-corrected chi connectivity index (χ0v) is 13.1. The number of pyridine rings is 1. The molecule has 1 unspecified atom stereocenters. The van der Waals surface area contributed by atoms with Crippen molar-refractivity contribution in [2.45, 2.75) is 32.7 Å². The molecule has 0 aliphatic carbocycles. The van der Waals surface area contributed by atoms with Crippen molar-refractivity contribution in [1.82, 2.24) is 4.98 Å². The summed E-state index contributed by atoms with van der Waals surface area (Å²) in [6.45, 7) is 3.97. The molecule has 1 saturated heterocycles. The fourth-order valence-electron chi connectivity index (χ4n) is 2.25. The summed E-state index contributed by atoms with van der Waals surface area (Å²) < 4.78 is 22.8. The number of sulfone groups is 1. The number of nitrogens with one attached hydrogen (secondary N) is 2. The minimum atomic E-state index is -2.90. The molecule has 2 heterocycles. The maximum Gasteiger partial charge on any atom is 0.224 e. The van der Waals surface area contributed by atoms with Crippen LogP contribution in [0.5, 0.6) is 0 Å². The van der Waals surface area contributed by atoms with Crippen LogP contribution in [0, 0.1) is 5.92 Å². The lowest BCUT2D eigenvalue weighted by Crippen LogP contribution is -2.21. The number of amides is 1. The van der Waals surface area contributed by atoms with Crippen molar-refractivity contribution >= 4 is 27.2 Å². The molecule has 1 aliphatic heterocycles. The van der Waals surface area contributed by atoms with Crippen LogP contribution in [0.15, 0.2) is 18.3 Å². The van der Waals surface area contributed by atoms with Gasteiger partial charge in [0, 0.05) is 12.5 Å². The maximum atomic E-state index is 11.6. The van der Waals surface area contributed by atoms with Crippen molar-refractivity contribution in [1.29, 1.82) is 0 Å². The molecular formula is C14H21N3O3S. The molecule has 1 aliphatic rings. The second kappa shape index (κ2) is 6.43. The smallest absolute Gasteiger partial charge is 0.224 e. The first-order valence-corrected chi connectivity index (χ1v) is 8.89. The zero-order valence-electron chi connectivity index (χ0n) is 12.3. The maximum absolute atomic E-state index is 11.6. The van der Waals surface area contributed by atoms with Crippen LogP contribution in [0.25, 0.3) is 0 Å². The van der Waals surface area contributed by atoms with Crippen molar-refractivity contribution in [3.8, 4) is 0 Å². The van der Waals surface area contributed by atoms with Gasteiger partial charge in [-0.1, -0.05) is 13.8 Å². The average Bonchev–Trinajstić information content (AvgIpc) is 2.70. The van der Waals surface area contributed by atoms with Gasteiger partial charge in [-0.15, -0.1) is 0 Å². The Bertz CT molecular complexity index is 596. The van der Waals surface area contributed by atoms with Gasteiger partial charge >= 0.3 is 0 Å². The van der Waals surface area contributed by atoms with E-state index < -0.39 is 9.84 Å². The van der Waals surface area contributed by atoms with E-state index in [9.17, 15) is 13.2 Å². The quantitative estimate of drug-likeness (QED) is 0.863. The number of aromatic nitrogens is 1. The molecule has 0 spiro atoms. The van der Waals surface area contributed by atoms with Crippen LogP contribution in [-0.2, 0) is 14.6 Å². The number of carbonyl (C=O) groups is 1. The highest BCUT2D eigenvalue weighted by Gasteiger charge is 2.27. The molecule has 116 valence electrons. The van der Waals surface area contributed by atoms with Gasteiger partial charge in [0.25, 0.3) is 0 Å². The van der Waals surface area contributed by atoms with E-state index in [1.807, 2.05) is 13.8 Å². The number of hydrogen-bond donors (Lipinski definition) is 2. The molecule has 0 radical (unpaired) electrons. The topological polar surface area (TPSA) is 88.2 Å². The minimum Gasteiger partial charge on any atom is -0.366 e. The minimum absolute atomic E-state index is 0.0330.